The maximum absolute atomic E-state index is 11.0. The van der Waals surface area contributed by atoms with Crippen molar-refractivity contribution in [1.29, 1.82) is 0 Å². The number of carbonyl (C=O) groups is 1. The van der Waals surface area contributed by atoms with Gasteiger partial charge in [0.15, 0.2) is 0 Å². The number of methoxy groups -OCH3 is 1. The number of nitrogens with zero attached hydrogens (tertiary/aromatic N) is 1. The highest BCUT2D eigenvalue weighted by Crippen LogP contribution is 2.09. The lowest BCUT2D eigenvalue weighted by molar-refractivity contribution is 0.0600. The Balaban J connectivity index is 2.80. The third kappa shape index (κ3) is 2.09. The van der Waals surface area contributed by atoms with Gasteiger partial charge in [0.25, 0.3) is 0 Å². The van der Waals surface area contributed by atoms with E-state index in [1.54, 1.807) is 23.0 Å². The Kier molecular flexibility index (Phi) is 3.08. The summed E-state index contributed by atoms with van der Waals surface area (Å²) in [6.07, 6.45) is 3.40. The summed E-state index contributed by atoms with van der Waals surface area (Å²) in [6.45, 7) is 1.91. The van der Waals surface area contributed by atoms with Crippen LogP contribution in [-0.2, 0) is 4.74 Å². The summed E-state index contributed by atoms with van der Waals surface area (Å²) in [5.41, 5.74) is 0.503. The Morgan fingerprint density at radius 1 is 1.77 bits per heavy atom. The predicted octanol–water partition coefficient (Wildman–Crippen LogP) is 0.828. The van der Waals surface area contributed by atoms with Gasteiger partial charge in [-0.2, -0.15) is 0 Å². The molecule has 1 rings (SSSR count). The SMILES string of the molecule is COC(=O)c1ccn(C(C)CO)c1. The highest BCUT2D eigenvalue weighted by molar-refractivity contribution is 5.89. The third-order valence-corrected chi connectivity index (χ3v) is 1.91. The van der Waals surface area contributed by atoms with Crippen molar-refractivity contribution in [3.63, 3.8) is 0 Å². The summed E-state index contributed by atoms with van der Waals surface area (Å²) in [7, 11) is 1.34. The summed E-state index contributed by atoms with van der Waals surface area (Å²) in [5.74, 6) is -0.358. The standard InChI is InChI=1S/C9H13NO3/c1-7(6-11)10-4-3-8(5-10)9(12)13-2/h3-5,7,11H,6H2,1-2H3. The van der Waals surface area contributed by atoms with E-state index in [0.717, 1.165) is 0 Å². The third-order valence-electron chi connectivity index (χ3n) is 1.91. The van der Waals surface area contributed by atoms with Gasteiger partial charge in [0.2, 0.25) is 0 Å². The number of ether oxygens (including phenoxy) is 1. The zero-order valence-corrected chi connectivity index (χ0v) is 7.73. The molecule has 0 aliphatic rings. The van der Waals surface area contributed by atoms with Crippen LogP contribution < -0.4 is 0 Å². The Hall–Kier alpha value is -1.29. The van der Waals surface area contributed by atoms with Crippen molar-refractivity contribution in [3.05, 3.63) is 24.0 Å². The fraction of sp³-hybridized carbons (Fsp3) is 0.444. The minimum Gasteiger partial charge on any atom is -0.465 e. The molecular formula is C9H13NO3. The lowest BCUT2D eigenvalue weighted by atomic mass is 10.3. The van der Waals surface area contributed by atoms with Crippen LogP contribution in [0.4, 0.5) is 0 Å². The van der Waals surface area contributed by atoms with Gasteiger partial charge < -0.3 is 14.4 Å². The number of hydrogen-bond acceptors (Lipinski definition) is 3. The summed E-state index contributed by atoms with van der Waals surface area (Å²) in [4.78, 5) is 11.0. The van der Waals surface area contributed by atoms with E-state index in [1.165, 1.54) is 7.11 Å². The van der Waals surface area contributed by atoms with E-state index in [1.807, 2.05) is 6.92 Å². The van der Waals surface area contributed by atoms with Gasteiger partial charge in [-0.3, -0.25) is 0 Å². The largest absolute Gasteiger partial charge is 0.465 e. The number of aromatic nitrogens is 1. The number of aliphatic hydroxyl groups excluding tert-OH is 1. The molecule has 1 unspecified atom stereocenters. The fourth-order valence-corrected chi connectivity index (χ4v) is 1.02. The number of carbonyl (C=O) groups excluding carboxylic acids is 1. The van der Waals surface area contributed by atoms with Gasteiger partial charge in [-0.25, -0.2) is 4.79 Å². The lowest BCUT2D eigenvalue weighted by Gasteiger charge is -2.08. The second-order valence-corrected chi connectivity index (χ2v) is 2.87. The molecule has 0 aliphatic carbocycles. The van der Waals surface area contributed by atoms with Gasteiger partial charge in [-0.1, -0.05) is 0 Å². The molecule has 1 N–H and O–H groups in total. The number of hydrogen-bond donors (Lipinski definition) is 1. The quantitative estimate of drug-likeness (QED) is 0.706. The topological polar surface area (TPSA) is 51.5 Å². The number of aliphatic hydroxyl groups is 1. The van der Waals surface area contributed by atoms with Crippen molar-refractivity contribution in [1.82, 2.24) is 4.57 Å². The zero-order valence-electron chi connectivity index (χ0n) is 7.73. The van der Waals surface area contributed by atoms with Crippen molar-refractivity contribution < 1.29 is 14.6 Å². The van der Waals surface area contributed by atoms with Gasteiger partial charge >= 0.3 is 5.97 Å². The minimum absolute atomic E-state index is 0.0154. The van der Waals surface area contributed by atoms with Crippen LogP contribution in [0.2, 0.25) is 0 Å². The maximum atomic E-state index is 11.0. The van der Waals surface area contributed by atoms with Gasteiger partial charge in [-0.05, 0) is 13.0 Å². The Labute approximate surface area is 76.7 Å². The van der Waals surface area contributed by atoms with Crippen molar-refractivity contribution >= 4 is 5.97 Å². The molecule has 4 heteroatoms. The normalized spacial score (nSPS) is 12.5. The van der Waals surface area contributed by atoms with E-state index in [2.05, 4.69) is 4.74 Å². The van der Waals surface area contributed by atoms with Gasteiger partial charge in [0, 0.05) is 12.4 Å². The molecule has 1 heterocycles. The summed E-state index contributed by atoms with van der Waals surface area (Å²) in [6, 6.07) is 1.65. The van der Waals surface area contributed by atoms with Gasteiger partial charge in [0.05, 0.1) is 25.3 Å². The molecule has 72 valence electrons. The van der Waals surface area contributed by atoms with Crippen molar-refractivity contribution in [2.45, 2.75) is 13.0 Å². The minimum atomic E-state index is -0.358. The molecule has 13 heavy (non-hydrogen) atoms. The molecule has 1 atom stereocenters. The summed E-state index contributed by atoms with van der Waals surface area (Å²) < 4.78 is 6.32. The Morgan fingerprint density at radius 3 is 3.00 bits per heavy atom. The molecule has 0 amide bonds. The van der Waals surface area contributed by atoms with Crippen molar-refractivity contribution in [3.8, 4) is 0 Å². The predicted molar refractivity (Wildman–Crippen MR) is 47.6 cm³/mol. The molecule has 4 nitrogen and oxygen atoms in total. The van der Waals surface area contributed by atoms with E-state index >= 15 is 0 Å². The first-order valence-corrected chi connectivity index (χ1v) is 4.05. The van der Waals surface area contributed by atoms with Crippen LogP contribution in [0.1, 0.15) is 23.3 Å². The van der Waals surface area contributed by atoms with Gasteiger partial charge in [0.1, 0.15) is 0 Å². The molecule has 0 saturated heterocycles. The van der Waals surface area contributed by atoms with Crippen LogP contribution in [0.25, 0.3) is 0 Å². The van der Waals surface area contributed by atoms with Gasteiger partial charge in [-0.15, -0.1) is 0 Å². The van der Waals surface area contributed by atoms with E-state index in [9.17, 15) is 4.79 Å². The second-order valence-electron chi connectivity index (χ2n) is 2.87. The Morgan fingerprint density at radius 2 is 2.46 bits per heavy atom. The van der Waals surface area contributed by atoms with Crippen LogP contribution >= 0.6 is 0 Å². The molecule has 0 spiro atoms. The lowest BCUT2D eigenvalue weighted by Crippen LogP contribution is -2.07. The molecule has 1 aromatic rings. The second kappa shape index (κ2) is 4.09. The van der Waals surface area contributed by atoms with E-state index in [0.29, 0.717) is 5.56 Å². The van der Waals surface area contributed by atoms with Crippen LogP contribution in [0.5, 0.6) is 0 Å². The average Bonchev–Trinajstić information content (AvgIpc) is 2.64. The molecule has 1 aromatic heterocycles. The smallest absolute Gasteiger partial charge is 0.339 e. The summed E-state index contributed by atoms with van der Waals surface area (Å²) >= 11 is 0. The van der Waals surface area contributed by atoms with Crippen molar-refractivity contribution in [2.75, 3.05) is 13.7 Å². The first-order chi connectivity index (χ1) is 6.19. The maximum Gasteiger partial charge on any atom is 0.339 e. The Bertz CT molecular complexity index is 293. The van der Waals surface area contributed by atoms with E-state index < -0.39 is 0 Å². The van der Waals surface area contributed by atoms with Crippen LogP contribution in [0, 0.1) is 0 Å². The molecule has 0 aromatic carbocycles. The first kappa shape index (κ1) is 9.80. The highest BCUT2D eigenvalue weighted by Gasteiger charge is 2.09. The highest BCUT2D eigenvalue weighted by atomic mass is 16.5. The number of esters is 1. The van der Waals surface area contributed by atoms with E-state index in [-0.39, 0.29) is 18.6 Å². The van der Waals surface area contributed by atoms with Crippen LogP contribution in [-0.4, -0.2) is 29.4 Å². The average molecular weight is 183 g/mol. The molecule has 0 aliphatic heterocycles. The monoisotopic (exact) mass is 183 g/mol. The molecule has 0 bridgehead atoms. The number of rotatable bonds is 3. The first-order valence-electron chi connectivity index (χ1n) is 4.05. The molecule has 0 radical (unpaired) electrons. The molecule has 0 saturated carbocycles. The van der Waals surface area contributed by atoms with Crippen molar-refractivity contribution in [2.24, 2.45) is 0 Å². The molecular weight excluding hydrogens is 170 g/mol. The summed E-state index contributed by atoms with van der Waals surface area (Å²) in [5, 5.41) is 8.86. The van der Waals surface area contributed by atoms with Crippen LogP contribution in [0.3, 0.4) is 0 Å². The molecule has 0 fully saturated rings. The fourth-order valence-electron chi connectivity index (χ4n) is 1.02. The van der Waals surface area contributed by atoms with Crippen LogP contribution in [0.15, 0.2) is 18.5 Å². The zero-order chi connectivity index (χ0) is 9.84. The van der Waals surface area contributed by atoms with E-state index in [4.69, 9.17) is 5.11 Å².